The predicted molar refractivity (Wildman–Crippen MR) is 93.2 cm³/mol. The van der Waals surface area contributed by atoms with Gasteiger partial charge in [-0.15, -0.1) is 11.8 Å². The average Bonchev–Trinajstić information content (AvgIpc) is 3.13. The third-order valence-corrected chi connectivity index (χ3v) is 5.38. The Bertz CT molecular complexity index is 430. The molecule has 6 heteroatoms. The summed E-state index contributed by atoms with van der Waals surface area (Å²) in [4.78, 5) is 29.2. The Hall–Kier alpha value is -0.750. The van der Waals surface area contributed by atoms with Crippen molar-refractivity contribution in [1.29, 1.82) is 0 Å². The molecule has 0 aromatic rings. The van der Waals surface area contributed by atoms with E-state index < -0.39 is 0 Å². The van der Waals surface area contributed by atoms with Crippen LogP contribution in [0, 0.1) is 11.3 Å². The second-order valence-corrected chi connectivity index (χ2v) is 8.72. The Morgan fingerprint density at radius 3 is 2.65 bits per heavy atom. The zero-order valence-corrected chi connectivity index (χ0v) is 15.7. The lowest BCUT2D eigenvalue weighted by Crippen LogP contribution is -2.50. The summed E-state index contributed by atoms with van der Waals surface area (Å²) in [7, 11) is 0. The molecule has 0 saturated carbocycles. The summed E-state index contributed by atoms with van der Waals surface area (Å²) in [5.41, 5.74) is -0.0520. The quantitative estimate of drug-likeness (QED) is 0.769. The number of hydrogen-bond acceptors (Lipinski definition) is 4. The van der Waals surface area contributed by atoms with Crippen LogP contribution in [0.15, 0.2) is 0 Å². The molecule has 0 aromatic carbocycles. The summed E-state index contributed by atoms with van der Waals surface area (Å²) in [5, 5.41) is 0. The molecule has 132 valence electrons. The van der Waals surface area contributed by atoms with Gasteiger partial charge in [-0.3, -0.25) is 9.59 Å². The van der Waals surface area contributed by atoms with Crippen LogP contribution < -0.4 is 0 Å². The summed E-state index contributed by atoms with van der Waals surface area (Å²) in [5.74, 6) is 1.99. The zero-order chi connectivity index (χ0) is 17.0. The lowest BCUT2D eigenvalue weighted by molar-refractivity contribution is -0.144. The first-order valence-electron chi connectivity index (χ1n) is 8.55. The fourth-order valence-corrected chi connectivity index (χ4v) is 4.24. The van der Waals surface area contributed by atoms with Gasteiger partial charge in [0.15, 0.2) is 0 Å². The highest BCUT2D eigenvalue weighted by Crippen LogP contribution is 2.28. The molecule has 2 aliphatic rings. The molecule has 0 radical (unpaired) electrons. The molecule has 2 amide bonds. The second kappa shape index (κ2) is 7.88. The van der Waals surface area contributed by atoms with Crippen molar-refractivity contribution in [1.82, 2.24) is 9.80 Å². The molecular weight excluding hydrogens is 312 g/mol. The van der Waals surface area contributed by atoms with Crippen LogP contribution in [0.4, 0.5) is 0 Å². The molecule has 0 unspecified atom stereocenters. The van der Waals surface area contributed by atoms with Gasteiger partial charge in [-0.1, -0.05) is 20.8 Å². The van der Waals surface area contributed by atoms with Crippen LogP contribution >= 0.6 is 11.8 Å². The number of rotatable bonds is 5. The van der Waals surface area contributed by atoms with E-state index in [1.54, 1.807) is 16.7 Å². The van der Waals surface area contributed by atoms with Gasteiger partial charge < -0.3 is 14.5 Å². The van der Waals surface area contributed by atoms with Gasteiger partial charge in [-0.25, -0.2) is 0 Å². The highest BCUT2D eigenvalue weighted by atomic mass is 32.2. The fourth-order valence-electron chi connectivity index (χ4n) is 3.07. The van der Waals surface area contributed by atoms with Crippen molar-refractivity contribution in [2.75, 3.05) is 37.9 Å². The summed E-state index contributed by atoms with van der Waals surface area (Å²) in [6.07, 6.45) is 1.51. The van der Waals surface area contributed by atoms with Crippen LogP contribution in [0.1, 0.15) is 40.5 Å². The SMILES string of the molecule is CCN(C[C@@H]1CCOC1)C(=O)[C@@H]1CSCN1C(=O)CC(C)(C)C. The van der Waals surface area contributed by atoms with E-state index in [0.717, 1.165) is 26.2 Å². The van der Waals surface area contributed by atoms with Gasteiger partial charge >= 0.3 is 0 Å². The lowest BCUT2D eigenvalue weighted by Gasteiger charge is -2.31. The Morgan fingerprint density at radius 1 is 1.35 bits per heavy atom. The van der Waals surface area contributed by atoms with Gasteiger partial charge in [0.1, 0.15) is 6.04 Å². The predicted octanol–water partition coefficient (Wildman–Crippen LogP) is 2.21. The van der Waals surface area contributed by atoms with E-state index in [4.69, 9.17) is 4.74 Å². The molecule has 0 spiro atoms. The monoisotopic (exact) mass is 342 g/mol. The first kappa shape index (κ1) is 18.6. The van der Waals surface area contributed by atoms with E-state index in [1.807, 2.05) is 11.8 Å². The number of carbonyl (C=O) groups excluding carboxylic acids is 2. The molecule has 0 aliphatic carbocycles. The van der Waals surface area contributed by atoms with E-state index in [0.29, 0.717) is 30.5 Å². The van der Waals surface area contributed by atoms with Gasteiger partial charge in [-0.05, 0) is 18.8 Å². The third-order valence-electron chi connectivity index (χ3n) is 4.37. The Labute approximate surface area is 144 Å². The fraction of sp³-hybridized carbons (Fsp3) is 0.882. The zero-order valence-electron chi connectivity index (χ0n) is 14.8. The Kier molecular flexibility index (Phi) is 6.37. The number of likely N-dealkylation sites (N-methyl/N-ethyl adjacent to an activating group) is 1. The van der Waals surface area contributed by atoms with Crippen LogP contribution in [0.25, 0.3) is 0 Å². The number of thioether (sulfide) groups is 1. The van der Waals surface area contributed by atoms with Crippen LogP contribution in [0.5, 0.6) is 0 Å². The summed E-state index contributed by atoms with van der Waals surface area (Å²) in [6.45, 7) is 11.2. The van der Waals surface area contributed by atoms with Crippen LogP contribution in [-0.2, 0) is 14.3 Å². The van der Waals surface area contributed by atoms with E-state index in [-0.39, 0.29) is 23.3 Å². The molecule has 2 aliphatic heterocycles. The molecule has 0 aromatic heterocycles. The Balaban J connectivity index is 1.99. The molecule has 23 heavy (non-hydrogen) atoms. The normalized spacial score (nSPS) is 25.0. The number of hydrogen-bond donors (Lipinski definition) is 0. The van der Waals surface area contributed by atoms with Crippen molar-refractivity contribution >= 4 is 23.6 Å². The van der Waals surface area contributed by atoms with Crippen LogP contribution in [0.3, 0.4) is 0 Å². The van der Waals surface area contributed by atoms with E-state index >= 15 is 0 Å². The first-order valence-corrected chi connectivity index (χ1v) is 9.71. The minimum absolute atomic E-state index is 0.0520. The summed E-state index contributed by atoms with van der Waals surface area (Å²) >= 11 is 1.68. The molecule has 2 rings (SSSR count). The maximum absolute atomic E-state index is 12.9. The van der Waals surface area contributed by atoms with Gasteiger partial charge in [0.05, 0.1) is 12.5 Å². The standard InChI is InChI=1S/C17H30N2O3S/c1-5-18(9-13-6-7-22-10-13)16(21)14-11-23-12-19(14)15(20)8-17(2,3)4/h13-14H,5-12H2,1-4H3/t13-,14-/m0/s1. The number of carbonyl (C=O) groups is 2. The average molecular weight is 343 g/mol. The number of amides is 2. The summed E-state index contributed by atoms with van der Waals surface area (Å²) < 4.78 is 5.42. The van der Waals surface area contributed by atoms with Crippen LogP contribution in [0.2, 0.25) is 0 Å². The van der Waals surface area contributed by atoms with Gasteiger partial charge in [0.2, 0.25) is 11.8 Å². The molecule has 5 nitrogen and oxygen atoms in total. The van der Waals surface area contributed by atoms with Crippen molar-refractivity contribution in [2.24, 2.45) is 11.3 Å². The second-order valence-electron chi connectivity index (χ2n) is 7.72. The molecule has 2 fully saturated rings. The smallest absolute Gasteiger partial charge is 0.246 e. The molecular formula is C17H30N2O3S. The highest BCUT2D eigenvalue weighted by Gasteiger charge is 2.38. The lowest BCUT2D eigenvalue weighted by atomic mass is 9.91. The van der Waals surface area contributed by atoms with Gasteiger partial charge in [0.25, 0.3) is 0 Å². The van der Waals surface area contributed by atoms with Crippen molar-refractivity contribution in [3.8, 4) is 0 Å². The first-order chi connectivity index (χ1) is 10.8. The molecule has 0 N–H and O–H groups in total. The molecule has 2 heterocycles. The van der Waals surface area contributed by atoms with E-state index in [9.17, 15) is 9.59 Å². The van der Waals surface area contributed by atoms with E-state index in [2.05, 4.69) is 20.8 Å². The Morgan fingerprint density at radius 2 is 2.09 bits per heavy atom. The topological polar surface area (TPSA) is 49.9 Å². The highest BCUT2D eigenvalue weighted by molar-refractivity contribution is 7.99. The van der Waals surface area contributed by atoms with Crippen molar-refractivity contribution in [3.05, 3.63) is 0 Å². The van der Waals surface area contributed by atoms with Crippen molar-refractivity contribution in [3.63, 3.8) is 0 Å². The number of ether oxygens (including phenoxy) is 1. The molecule has 2 atom stereocenters. The van der Waals surface area contributed by atoms with Gasteiger partial charge in [0, 0.05) is 37.8 Å². The maximum atomic E-state index is 12.9. The summed E-state index contributed by atoms with van der Waals surface area (Å²) in [6, 6.07) is -0.294. The molecule has 0 bridgehead atoms. The third kappa shape index (κ3) is 5.11. The molecule has 2 saturated heterocycles. The minimum atomic E-state index is -0.294. The largest absolute Gasteiger partial charge is 0.381 e. The van der Waals surface area contributed by atoms with E-state index in [1.165, 1.54) is 0 Å². The maximum Gasteiger partial charge on any atom is 0.246 e. The number of nitrogens with zero attached hydrogens (tertiary/aromatic N) is 2. The van der Waals surface area contributed by atoms with Crippen LogP contribution in [-0.4, -0.2) is 65.6 Å². The minimum Gasteiger partial charge on any atom is -0.381 e. The van der Waals surface area contributed by atoms with Crippen molar-refractivity contribution < 1.29 is 14.3 Å². The van der Waals surface area contributed by atoms with Crippen molar-refractivity contribution in [2.45, 2.75) is 46.6 Å². The van der Waals surface area contributed by atoms with Gasteiger partial charge in [-0.2, -0.15) is 0 Å².